The fraction of sp³-hybridized carbons (Fsp3) is 0.435. The van der Waals surface area contributed by atoms with E-state index in [2.05, 4.69) is 22.3 Å². The maximum atomic E-state index is 12.9. The van der Waals surface area contributed by atoms with Crippen molar-refractivity contribution in [1.29, 1.82) is 0 Å². The zero-order chi connectivity index (χ0) is 20.1. The third kappa shape index (κ3) is 5.01. The van der Waals surface area contributed by atoms with Gasteiger partial charge >= 0.3 is 6.03 Å². The van der Waals surface area contributed by atoms with Crippen LogP contribution in [0.1, 0.15) is 37.4 Å². The molecule has 2 N–H and O–H groups in total. The van der Waals surface area contributed by atoms with E-state index in [1.54, 1.807) is 23.1 Å². The van der Waals surface area contributed by atoms with E-state index in [0.717, 1.165) is 24.3 Å². The molecule has 4 rings (SSSR count). The molecule has 0 aromatic heterocycles. The number of carbonyl (C=O) groups excluding carboxylic acids is 1. The first-order chi connectivity index (χ1) is 14.2. The second kappa shape index (κ2) is 9.18. The fourth-order valence-electron chi connectivity index (χ4n) is 4.07. The van der Waals surface area contributed by atoms with E-state index < -0.39 is 0 Å². The van der Waals surface area contributed by atoms with Crippen molar-refractivity contribution in [2.75, 3.05) is 43.0 Å². The quantitative estimate of drug-likeness (QED) is 0.810. The maximum Gasteiger partial charge on any atom is 0.322 e. The number of rotatable bonds is 3. The fourth-order valence-corrected chi connectivity index (χ4v) is 4.07. The molecule has 29 heavy (non-hydrogen) atoms. The molecule has 2 amide bonds. The molecule has 2 heterocycles. The number of amides is 2. The lowest BCUT2D eigenvalue weighted by Gasteiger charge is -2.33. The number of morpholine rings is 1. The largest absolute Gasteiger partial charge is 0.508 e. The number of nitrogens with one attached hydrogen (secondary N) is 1. The smallest absolute Gasteiger partial charge is 0.322 e. The van der Waals surface area contributed by atoms with Gasteiger partial charge in [-0.15, -0.1) is 0 Å². The summed E-state index contributed by atoms with van der Waals surface area (Å²) < 4.78 is 5.82. The Hall–Kier alpha value is -2.73. The Morgan fingerprint density at radius 2 is 1.79 bits per heavy atom. The minimum atomic E-state index is -0.231. The average molecular weight is 396 g/mol. The Morgan fingerprint density at radius 1 is 1.00 bits per heavy atom. The highest BCUT2D eigenvalue weighted by atomic mass is 16.5. The van der Waals surface area contributed by atoms with Gasteiger partial charge in [0.1, 0.15) is 11.9 Å². The number of hydrogen-bond acceptors (Lipinski definition) is 4. The van der Waals surface area contributed by atoms with Crippen LogP contribution in [0.25, 0.3) is 0 Å². The standard InChI is InChI=1S/C23H29N3O3/c27-21-10-5-7-18(15-21)22-17-26(13-14-29-22)23(28)24-19-8-6-9-20(16-19)25-11-3-1-2-4-12-25/h5-10,15-16,22,27H,1-4,11-14,17H2,(H,24,28)/t22-/m0/s1. The molecular weight excluding hydrogens is 366 g/mol. The van der Waals surface area contributed by atoms with E-state index in [-0.39, 0.29) is 17.9 Å². The molecular formula is C23H29N3O3. The third-order valence-corrected chi connectivity index (χ3v) is 5.66. The summed E-state index contributed by atoms with van der Waals surface area (Å²) in [6.07, 6.45) is 4.81. The highest BCUT2D eigenvalue weighted by molar-refractivity contribution is 5.90. The summed E-state index contributed by atoms with van der Waals surface area (Å²) in [5, 5.41) is 12.8. The van der Waals surface area contributed by atoms with Gasteiger partial charge in [-0.1, -0.05) is 31.0 Å². The summed E-state index contributed by atoms with van der Waals surface area (Å²) in [4.78, 5) is 17.0. The Kier molecular flexibility index (Phi) is 6.20. The van der Waals surface area contributed by atoms with Crippen molar-refractivity contribution >= 4 is 17.4 Å². The van der Waals surface area contributed by atoms with Gasteiger partial charge in [-0.05, 0) is 48.7 Å². The van der Waals surface area contributed by atoms with Crippen molar-refractivity contribution in [2.24, 2.45) is 0 Å². The first-order valence-electron chi connectivity index (χ1n) is 10.5. The van der Waals surface area contributed by atoms with Gasteiger partial charge in [-0.25, -0.2) is 4.79 Å². The van der Waals surface area contributed by atoms with E-state index in [1.807, 2.05) is 18.2 Å². The molecule has 0 unspecified atom stereocenters. The van der Waals surface area contributed by atoms with Crippen molar-refractivity contribution in [3.8, 4) is 5.75 Å². The minimum absolute atomic E-state index is 0.119. The molecule has 2 saturated heterocycles. The van der Waals surface area contributed by atoms with Gasteiger partial charge in [0.25, 0.3) is 0 Å². The van der Waals surface area contributed by atoms with E-state index in [9.17, 15) is 9.90 Å². The molecule has 2 aromatic carbocycles. The molecule has 6 nitrogen and oxygen atoms in total. The van der Waals surface area contributed by atoms with E-state index in [0.29, 0.717) is 19.7 Å². The number of aromatic hydroxyl groups is 1. The number of benzene rings is 2. The zero-order valence-corrected chi connectivity index (χ0v) is 16.7. The molecule has 0 aliphatic carbocycles. The number of carbonyl (C=O) groups is 1. The van der Waals surface area contributed by atoms with Crippen molar-refractivity contribution in [2.45, 2.75) is 31.8 Å². The van der Waals surface area contributed by atoms with Gasteiger partial charge in [0, 0.05) is 31.0 Å². The lowest BCUT2D eigenvalue weighted by Crippen LogP contribution is -2.44. The minimum Gasteiger partial charge on any atom is -0.508 e. The monoisotopic (exact) mass is 395 g/mol. The SMILES string of the molecule is O=C(Nc1cccc(N2CCCCCC2)c1)N1CCO[C@H](c2cccc(O)c2)C1. The topological polar surface area (TPSA) is 65.0 Å². The van der Waals surface area contributed by atoms with Crippen LogP contribution in [-0.4, -0.2) is 48.8 Å². The summed E-state index contributed by atoms with van der Waals surface area (Å²) >= 11 is 0. The highest BCUT2D eigenvalue weighted by Crippen LogP contribution is 2.26. The number of nitrogens with zero attached hydrogens (tertiary/aromatic N) is 2. The molecule has 0 radical (unpaired) electrons. The number of urea groups is 1. The van der Waals surface area contributed by atoms with Gasteiger partial charge in [0.2, 0.25) is 0 Å². The predicted molar refractivity (Wildman–Crippen MR) is 115 cm³/mol. The Morgan fingerprint density at radius 3 is 2.59 bits per heavy atom. The second-order valence-corrected chi connectivity index (χ2v) is 7.78. The molecule has 6 heteroatoms. The molecule has 0 spiro atoms. The summed E-state index contributed by atoms with van der Waals surface area (Å²) in [5.74, 6) is 0.206. The van der Waals surface area contributed by atoms with E-state index >= 15 is 0 Å². The molecule has 154 valence electrons. The van der Waals surface area contributed by atoms with Crippen molar-refractivity contribution in [3.05, 3.63) is 54.1 Å². The van der Waals surface area contributed by atoms with Crippen LogP contribution in [0.15, 0.2) is 48.5 Å². The molecule has 2 aliphatic heterocycles. The van der Waals surface area contributed by atoms with Gasteiger partial charge in [-0.2, -0.15) is 0 Å². The number of phenolic OH excluding ortho intramolecular Hbond substituents is 1. The average Bonchev–Trinajstić information content (AvgIpc) is 3.04. The van der Waals surface area contributed by atoms with E-state index in [1.165, 1.54) is 31.4 Å². The van der Waals surface area contributed by atoms with Gasteiger partial charge < -0.3 is 25.0 Å². The van der Waals surface area contributed by atoms with Crippen LogP contribution >= 0.6 is 0 Å². The van der Waals surface area contributed by atoms with Gasteiger partial charge in [0.15, 0.2) is 0 Å². The van der Waals surface area contributed by atoms with Crippen LogP contribution < -0.4 is 10.2 Å². The molecule has 2 aliphatic rings. The Balaban J connectivity index is 1.40. The number of hydrogen-bond donors (Lipinski definition) is 2. The molecule has 2 aromatic rings. The van der Waals surface area contributed by atoms with Crippen LogP contribution in [0, 0.1) is 0 Å². The summed E-state index contributed by atoms with van der Waals surface area (Å²) in [7, 11) is 0. The number of ether oxygens (including phenoxy) is 1. The first-order valence-corrected chi connectivity index (χ1v) is 10.5. The molecule has 1 atom stereocenters. The summed E-state index contributed by atoms with van der Waals surface area (Å²) in [5.41, 5.74) is 2.87. The van der Waals surface area contributed by atoms with Crippen LogP contribution in [0.5, 0.6) is 5.75 Å². The number of phenols is 1. The second-order valence-electron chi connectivity index (χ2n) is 7.78. The van der Waals surface area contributed by atoms with Gasteiger partial charge in [-0.3, -0.25) is 0 Å². The van der Waals surface area contributed by atoms with Crippen LogP contribution in [0.3, 0.4) is 0 Å². The predicted octanol–water partition coefficient (Wildman–Crippen LogP) is 4.38. The molecule has 0 bridgehead atoms. The van der Waals surface area contributed by atoms with Gasteiger partial charge in [0.05, 0.1) is 13.2 Å². The Bertz CT molecular complexity index is 834. The number of anilines is 2. The summed E-state index contributed by atoms with van der Waals surface area (Å²) in [6, 6.07) is 15.0. The maximum absolute atomic E-state index is 12.9. The molecule has 2 fully saturated rings. The van der Waals surface area contributed by atoms with Crippen LogP contribution in [0.4, 0.5) is 16.2 Å². The van der Waals surface area contributed by atoms with Crippen LogP contribution in [0.2, 0.25) is 0 Å². The van der Waals surface area contributed by atoms with Crippen molar-refractivity contribution < 1.29 is 14.6 Å². The van der Waals surface area contributed by atoms with Crippen LogP contribution in [-0.2, 0) is 4.74 Å². The third-order valence-electron chi connectivity index (χ3n) is 5.66. The first kappa shape index (κ1) is 19.6. The normalized spacial score (nSPS) is 20.2. The Labute approximate surface area is 172 Å². The lowest BCUT2D eigenvalue weighted by molar-refractivity contribution is -0.0135. The van der Waals surface area contributed by atoms with E-state index in [4.69, 9.17) is 4.74 Å². The summed E-state index contributed by atoms with van der Waals surface area (Å²) in [6.45, 7) is 3.63. The molecule has 0 saturated carbocycles. The zero-order valence-electron chi connectivity index (χ0n) is 16.7. The highest BCUT2D eigenvalue weighted by Gasteiger charge is 2.26. The van der Waals surface area contributed by atoms with Crippen molar-refractivity contribution in [1.82, 2.24) is 4.90 Å². The lowest BCUT2D eigenvalue weighted by atomic mass is 10.1. The van der Waals surface area contributed by atoms with Crippen molar-refractivity contribution in [3.63, 3.8) is 0 Å².